The maximum Gasteiger partial charge on any atom is 0.142 e. The van der Waals surface area contributed by atoms with Crippen LogP contribution in [0.1, 0.15) is 12.6 Å². The van der Waals surface area contributed by atoms with Crippen molar-refractivity contribution in [3.63, 3.8) is 0 Å². The molecule has 0 amide bonds. The van der Waals surface area contributed by atoms with Crippen LogP contribution >= 0.6 is 0 Å². The summed E-state index contributed by atoms with van der Waals surface area (Å²) in [4.78, 5) is 0. The number of hydrogen-bond donors (Lipinski definition) is 3. The van der Waals surface area contributed by atoms with Gasteiger partial charge in [0.25, 0.3) is 0 Å². The highest BCUT2D eigenvalue weighted by atomic mass is 16.5. The SMILES string of the molecule is CCOc1ccc(-c2cc(CN)[nH]n2)cc1N. The molecule has 1 aromatic heterocycles. The van der Waals surface area contributed by atoms with Crippen LogP contribution in [0.2, 0.25) is 0 Å². The third-order valence-corrected chi connectivity index (χ3v) is 2.46. The molecule has 5 N–H and O–H groups in total. The standard InChI is InChI=1S/C12H16N4O/c1-2-17-12-4-3-8(5-10(12)14)11-6-9(7-13)15-16-11/h3-6H,2,7,13-14H2,1H3,(H,15,16). The van der Waals surface area contributed by atoms with E-state index in [1.54, 1.807) is 0 Å². The van der Waals surface area contributed by atoms with Gasteiger partial charge in [0.1, 0.15) is 5.75 Å². The van der Waals surface area contributed by atoms with E-state index in [1.165, 1.54) is 0 Å². The lowest BCUT2D eigenvalue weighted by molar-refractivity contribution is 0.342. The Balaban J connectivity index is 2.30. The van der Waals surface area contributed by atoms with E-state index in [0.717, 1.165) is 17.0 Å². The second-order valence-electron chi connectivity index (χ2n) is 3.67. The van der Waals surface area contributed by atoms with Crippen LogP contribution in [-0.2, 0) is 6.54 Å². The molecule has 0 unspecified atom stereocenters. The van der Waals surface area contributed by atoms with Crippen LogP contribution in [0.25, 0.3) is 11.3 Å². The number of anilines is 1. The number of nitrogen functional groups attached to an aromatic ring is 1. The Labute approximate surface area is 99.8 Å². The molecule has 0 aliphatic carbocycles. The van der Waals surface area contributed by atoms with Crippen molar-refractivity contribution in [3.8, 4) is 17.0 Å². The minimum Gasteiger partial charge on any atom is -0.492 e. The van der Waals surface area contributed by atoms with Gasteiger partial charge in [-0.1, -0.05) is 0 Å². The number of benzene rings is 1. The third-order valence-electron chi connectivity index (χ3n) is 2.46. The van der Waals surface area contributed by atoms with Crippen LogP contribution in [0.5, 0.6) is 5.75 Å². The molecule has 17 heavy (non-hydrogen) atoms. The number of ether oxygens (including phenoxy) is 1. The van der Waals surface area contributed by atoms with Crippen molar-refractivity contribution in [2.75, 3.05) is 12.3 Å². The lowest BCUT2D eigenvalue weighted by atomic mass is 10.1. The van der Waals surface area contributed by atoms with Crippen LogP contribution in [0, 0.1) is 0 Å². The molecular formula is C12H16N4O. The molecule has 5 heteroatoms. The lowest BCUT2D eigenvalue weighted by Gasteiger charge is -2.07. The van der Waals surface area contributed by atoms with Gasteiger partial charge in [-0.05, 0) is 31.2 Å². The number of nitrogens with one attached hydrogen (secondary N) is 1. The number of hydrogen-bond acceptors (Lipinski definition) is 4. The van der Waals surface area contributed by atoms with Gasteiger partial charge in [0, 0.05) is 17.8 Å². The zero-order chi connectivity index (χ0) is 12.3. The summed E-state index contributed by atoms with van der Waals surface area (Å²) < 4.78 is 5.38. The van der Waals surface area contributed by atoms with Crippen molar-refractivity contribution in [3.05, 3.63) is 30.0 Å². The zero-order valence-corrected chi connectivity index (χ0v) is 9.73. The highest BCUT2D eigenvalue weighted by Gasteiger charge is 2.06. The molecule has 1 aromatic carbocycles. The molecule has 90 valence electrons. The van der Waals surface area contributed by atoms with Crippen molar-refractivity contribution in [1.82, 2.24) is 10.2 Å². The number of nitrogens with zero attached hydrogens (tertiary/aromatic N) is 1. The van der Waals surface area contributed by atoms with Gasteiger partial charge in [-0.2, -0.15) is 5.10 Å². The largest absolute Gasteiger partial charge is 0.492 e. The molecule has 0 spiro atoms. The van der Waals surface area contributed by atoms with Crippen LogP contribution in [0.3, 0.4) is 0 Å². The molecule has 5 nitrogen and oxygen atoms in total. The van der Waals surface area contributed by atoms with Crippen LogP contribution < -0.4 is 16.2 Å². The molecule has 0 saturated heterocycles. The van der Waals surface area contributed by atoms with Gasteiger partial charge in [-0.3, -0.25) is 5.10 Å². The predicted molar refractivity (Wildman–Crippen MR) is 67.5 cm³/mol. The van der Waals surface area contributed by atoms with E-state index >= 15 is 0 Å². The average Bonchev–Trinajstić information content (AvgIpc) is 2.80. The second kappa shape index (κ2) is 4.88. The van der Waals surface area contributed by atoms with Gasteiger partial charge in [0.15, 0.2) is 0 Å². The molecule has 0 atom stereocenters. The van der Waals surface area contributed by atoms with E-state index in [9.17, 15) is 0 Å². The Morgan fingerprint density at radius 2 is 2.18 bits per heavy atom. The van der Waals surface area contributed by atoms with Gasteiger partial charge >= 0.3 is 0 Å². The molecule has 0 bridgehead atoms. The maximum absolute atomic E-state index is 5.90. The first-order valence-electron chi connectivity index (χ1n) is 5.51. The summed E-state index contributed by atoms with van der Waals surface area (Å²) >= 11 is 0. The Bertz CT molecular complexity index is 507. The molecule has 0 saturated carbocycles. The zero-order valence-electron chi connectivity index (χ0n) is 9.73. The van der Waals surface area contributed by atoms with E-state index in [-0.39, 0.29) is 0 Å². The fourth-order valence-electron chi connectivity index (χ4n) is 1.61. The maximum atomic E-state index is 5.90. The minimum atomic E-state index is 0.444. The molecule has 0 radical (unpaired) electrons. The molecule has 0 aliphatic heterocycles. The second-order valence-corrected chi connectivity index (χ2v) is 3.67. The average molecular weight is 232 g/mol. The van der Waals surface area contributed by atoms with E-state index < -0.39 is 0 Å². The summed E-state index contributed by atoms with van der Waals surface area (Å²) in [6, 6.07) is 7.54. The van der Waals surface area contributed by atoms with Crippen LogP contribution in [-0.4, -0.2) is 16.8 Å². The fourth-order valence-corrected chi connectivity index (χ4v) is 1.61. The quantitative estimate of drug-likeness (QED) is 0.697. The molecule has 2 rings (SSSR count). The van der Waals surface area contributed by atoms with Crippen molar-refractivity contribution in [2.24, 2.45) is 5.73 Å². The Hall–Kier alpha value is -2.01. The smallest absolute Gasteiger partial charge is 0.142 e. The highest BCUT2D eigenvalue weighted by molar-refractivity contribution is 5.68. The van der Waals surface area contributed by atoms with Crippen molar-refractivity contribution in [1.29, 1.82) is 0 Å². The van der Waals surface area contributed by atoms with Crippen LogP contribution in [0.15, 0.2) is 24.3 Å². The van der Waals surface area contributed by atoms with E-state index in [2.05, 4.69) is 10.2 Å². The van der Waals surface area contributed by atoms with Crippen LogP contribution in [0.4, 0.5) is 5.69 Å². The monoisotopic (exact) mass is 232 g/mol. The highest BCUT2D eigenvalue weighted by Crippen LogP contribution is 2.27. The van der Waals surface area contributed by atoms with Gasteiger partial charge < -0.3 is 16.2 Å². The predicted octanol–water partition coefficient (Wildman–Crippen LogP) is 1.52. The van der Waals surface area contributed by atoms with Crippen molar-refractivity contribution in [2.45, 2.75) is 13.5 Å². The van der Waals surface area contributed by atoms with Gasteiger partial charge in [-0.15, -0.1) is 0 Å². The first-order chi connectivity index (χ1) is 8.24. The summed E-state index contributed by atoms with van der Waals surface area (Å²) in [5.74, 6) is 0.700. The van der Waals surface area contributed by atoms with Crippen molar-refractivity contribution < 1.29 is 4.74 Å². The van der Waals surface area contributed by atoms with E-state index in [4.69, 9.17) is 16.2 Å². The number of aromatic amines is 1. The topological polar surface area (TPSA) is 90.0 Å². The van der Waals surface area contributed by atoms with Gasteiger partial charge in [0.2, 0.25) is 0 Å². The third kappa shape index (κ3) is 2.39. The molecule has 0 fully saturated rings. The Morgan fingerprint density at radius 1 is 1.35 bits per heavy atom. The fraction of sp³-hybridized carbons (Fsp3) is 0.250. The van der Waals surface area contributed by atoms with Crippen molar-refractivity contribution >= 4 is 5.69 Å². The summed E-state index contributed by atoms with van der Waals surface area (Å²) in [5.41, 5.74) is 14.7. The first kappa shape index (κ1) is 11.5. The summed E-state index contributed by atoms with van der Waals surface area (Å²) in [7, 11) is 0. The summed E-state index contributed by atoms with van der Waals surface area (Å²) in [5, 5.41) is 7.04. The van der Waals surface area contributed by atoms with Gasteiger partial charge in [0.05, 0.1) is 18.0 Å². The number of rotatable bonds is 4. The van der Waals surface area contributed by atoms with E-state index in [0.29, 0.717) is 24.6 Å². The first-order valence-corrected chi connectivity index (χ1v) is 5.51. The normalized spacial score (nSPS) is 10.5. The lowest BCUT2D eigenvalue weighted by Crippen LogP contribution is -1.96. The number of H-pyrrole nitrogens is 1. The number of nitrogens with two attached hydrogens (primary N) is 2. The summed E-state index contributed by atoms with van der Waals surface area (Å²) in [6.07, 6.45) is 0. The van der Waals surface area contributed by atoms with Gasteiger partial charge in [-0.25, -0.2) is 0 Å². The number of aromatic nitrogens is 2. The Morgan fingerprint density at radius 3 is 2.76 bits per heavy atom. The Kier molecular flexibility index (Phi) is 3.30. The minimum absolute atomic E-state index is 0.444. The molecule has 0 aliphatic rings. The molecular weight excluding hydrogens is 216 g/mol. The molecule has 1 heterocycles. The van der Waals surface area contributed by atoms with E-state index in [1.807, 2.05) is 31.2 Å². The molecule has 2 aromatic rings. The summed E-state index contributed by atoms with van der Waals surface area (Å²) in [6.45, 7) is 2.97.